The molecule has 6 nitrogen and oxygen atoms in total. The molecule has 146 valence electrons. The number of fused-ring (bicyclic) bond motifs is 1. The minimum Gasteiger partial charge on any atom is -0.487 e. The van der Waals surface area contributed by atoms with E-state index in [1.165, 1.54) is 10.5 Å². The van der Waals surface area contributed by atoms with Crippen LogP contribution in [-0.2, 0) is 11.4 Å². The second-order valence-corrected chi connectivity index (χ2v) is 6.84. The number of carbonyl (C=O) groups is 1. The van der Waals surface area contributed by atoms with Gasteiger partial charge in [-0.15, -0.1) is 0 Å². The largest absolute Gasteiger partial charge is 0.487 e. The van der Waals surface area contributed by atoms with Gasteiger partial charge < -0.3 is 10.1 Å². The summed E-state index contributed by atoms with van der Waals surface area (Å²) in [6.45, 7) is 6.14. The highest BCUT2D eigenvalue weighted by Crippen LogP contribution is 2.20. The number of hydrogen-bond acceptors (Lipinski definition) is 4. The molecule has 2 heterocycles. The molecule has 0 aliphatic rings. The van der Waals surface area contributed by atoms with Gasteiger partial charge in [0.2, 0.25) is 5.91 Å². The Labute approximate surface area is 164 Å². The predicted octanol–water partition coefficient (Wildman–Crippen LogP) is 3.96. The van der Waals surface area contributed by atoms with Crippen molar-refractivity contribution in [2.45, 2.75) is 40.2 Å². The standard InChI is InChI=1S/C22H25N3O3/c1-4-16(5-2)22(27)24-17-7-6-8-19(12-17)28-14-18-13-21(26)25-10-9-15(3)11-20(25)23-18/h6-13,16H,4-5,14H2,1-3H3,(H,24,27). The number of nitrogens with zero attached hydrogens (tertiary/aromatic N) is 2. The number of pyridine rings is 1. The average molecular weight is 379 g/mol. The SMILES string of the molecule is CCC(CC)C(=O)Nc1cccc(OCc2cc(=O)n3ccc(C)cc3n2)c1. The summed E-state index contributed by atoms with van der Waals surface area (Å²) in [5.74, 6) is 0.623. The number of ether oxygens (including phenoxy) is 1. The molecule has 0 bridgehead atoms. The van der Waals surface area contributed by atoms with E-state index in [1.807, 2.05) is 51.1 Å². The van der Waals surface area contributed by atoms with Gasteiger partial charge in [-0.1, -0.05) is 19.9 Å². The van der Waals surface area contributed by atoms with Crippen LogP contribution in [0.1, 0.15) is 37.9 Å². The Bertz CT molecular complexity index is 1040. The minimum absolute atomic E-state index is 0.00260. The second kappa shape index (κ2) is 8.69. The van der Waals surface area contributed by atoms with Gasteiger partial charge in [-0.2, -0.15) is 0 Å². The summed E-state index contributed by atoms with van der Waals surface area (Å²) >= 11 is 0. The number of aromatic nitrogens is 2. The van der Waals surface area contributed by atoms with E-state index in [0.717, 1.165) is 18.4 Å². The van der Waals surface area contributed by atoms with Crippen molar-refractivity contribution < 1.29 is 9.53 Å². The zero-order valence-corrected chi connectivity index (χ0v) is 16.4. The molecule has 0 unspecified atom stereocenters. The molecule has 2 aromatic heterocycles. The molecular weight excluding hydrogens is 354 g/mol. The van der Waals surface area contributed by atoms with Crippen LogP contribution in [0.15, 0.2) is 53.5 Å². The summed E-state index contributed by atoms with van der Waals surface area (Å²) in [4.78, 5) is 29.0. The molecule has 0 saturated heterocycles. The fraction of sp³-hybridized carbons (Fsp3) is 0.318. The average Bonchev–Trinajstić information content (AvgIpc) is 2.67. The molecule has 0 fully saturated rings. The smallest absolute Gasteiger partial charge is 0.258 e. The lowest BCUT2D eigenvalue weighted by atomic mass is 10.0. The molecule has 0 spiro atoms. The number of benzene rings is 1. The van der Waals surface area contributed by atoms with Crippen molar-refractivity contribution in [3.05, 3.63) is 70.3 Å². The summed E-state index contributed by atoms with van der Waals surface area (Å²) in [5, 5.41) is 2.93. The maximum Gasteiger partial charge on any atom is 0.258 e. The lowest BCUT2D eigenvalue weighted by Crippen LogP contribution is -2.21. The normalized spacial score (nSPS) is 11.0. The highest BCUT2D eigenvalue weighted by molar-refractivity contribution is 5.92. The van der Waals surface area contributed by atoms with Crippen LogP contribution in [0.2, 0.25) is 0 Å². The van der Waals surface area contributed by atoms with Crippen LogP contribution in [-0.4, -0.2) is 15.3 Å². The third-order valence-corrected chi connectivity index (χ3v) is 4.72. The van der Waals surface area contributed by atoms with Crippen molar-refractivity contribution in [3.8, 4) is 5.75 Å². The van der Waals surface area contributed by atoms with Gasteiger partial charge in [0.15, 0.2) is 0 Å². The molecule has 3 rings (SSSR count). The number of hydrogen-bond donors (Lipinski definition) is 1. The Balaban J connectivity index is 1.72. The lowest BCUT2D eigenvalue weighted by Gasteiger charge is -2.13. The maximum atomic E-state index is 12.3. The Morgan fingerprint density at radius 3 is 2.71 bits per heavy atom. The van der Waals surface area contributed by atoms with Gasteiger partial charge in [-0.05, 0) is 49.6 Å². The topological polar surface area (TPSA) is 72.7 Å². The van der Waals surface area contributed by atoms with Gasteiger partial charge in [-0.25, -0.2) is 4.98 Å². The van der Waals surface area contributed by atoms with Gasteiger partial charge in [0.25, 0.3) is 5.56 Å². The van der Waals surface area contributed by atoms with Crippen LogP contribution < -0.4 is 15.6 Å². The zero-order chi connectivity index (χ0) is 20.1. The number of rotatable bonds is 7. The van der Waals surface area contributed by atoms with Crippen LogP contribution >= 0.6 is 0 Å². The van der Waals surface area contributed by atoms with E-state index >= 15 is 0 Å². The van der Waals surface area contributed by atoms with Crippen LogP contribution in [0, 0.1) is 12.8 Å². The highest BCUT2D eigenvalue weighted by Gasteiger charge is 2.14. The monoisotopic (exact) mass is 379 g/mol. The molecular formula is C22H25N3O3. The Morgan fingerprint density at radius 2 is 1.96 bits per heavy atom. The minimum atomic E-state index is -0.144. The van der Waals surface area contributed by atoms with E-state index in [0.29, 0.717) is 22.8 Å². The van der Waals surface area contributed by atoms with Gasteiger partial charge in [0, 0.05) is 29.9 Å². The molecule has 0 aliphatic heterocycles. The number of amides is 1. The van der Waals surface area contributed by atoms with E-state index in [4.69, 9.17) is 4.74 Å². The Hall–Kier alpha value is -3.15. The van der Waals surface area contributed by atoms with Crippen molar-refractivity contribution >= 4 is 17.2 Å². The Morgan fingerprint density at radius 1 is 1.18 bits per heavy atom. The summed E-state index contributed by atoms with van der Waals surface area (Å²) in [6.07, 6.45) is 3.33. The first kappa shape index (κ1) is 19.6. The van der Waals surface area contributed by atoms with Crippen LogP contribution in [0.3, 0.4) is 0 Å². The van der Waals surface area contributed by atoms with Gasteiger partial charge >= 0.3 is 0 Å². The molecule has 0 radical (unpaired) electrons. The van der Waals surface area contributed by atoms with Crippen molar-refractivity contribution in [1.82, 2.24) is 9.38 Å². The third kappa shape index (κ3) is 4.57. The molecule has 1 amide bonds. The van der Waals surface area contributed by atoms with E-state index in [-0.39, 0.29) is 24.0 Å². The van der Waals surface area contributed by atoms with Gasteiger partial charge in [-0.3, -0.25) is 14.0 Å². The zero-order valence-electron chi connectivity index (χ0n) is 16.4. The first-order valence-electron chi connectivity index (χ1n) is 9.52. The highest BCUT2D eigenvalue weighted by atomic mass is 16.5. The fourth-order valence-corrected chi connectivity index (χ4v) is 3.05. The molecule has 0 aliphatic carbocycles. The summed E-state index contributed by atoms with van der Waals surface area (Å²) in [6, 6.07) is 12.4. The van der Waals surface area contributed by atoms with Crippen molar-refractivity contribution in [2.24, 2.45) is 5.92 Å². The summed E-state index contributed by atoms with van der Waals surface area (Å²) < 4.78 is 7.30. The first-order valence-corrected chi connectivity index (χ1v) is 9.52. The lowest BCUT2D eigenvalue weighted by molar-refractivity contribution is -0.120. The Kier molecular flexibility index (Phi) is 6.09. The van der Waals surface area contributed by atoms with E-state index in [9.17, 15) is 9.59 Å². The summed E-state index contributed by atoms with van der Waals surface area (Å²) in [7, 11) is 0. The van der Waals surface area contributed by atoms with Crippen LogP contribution in [0.4, 0.5) is 5.69 Å². The summed E-state index contributed by atoms with van der Waals surface area (Å²) in [5.41, 5.74) is 2.73. The van der Waals surface area contributed by atoms with Crippen molar-refractivity contribution in [2.75, 3.05) is 5.32 Å². The number of anilines is 1. The quantitative estimate of drug-likeness (QED) is 0.674. The number of carbonyl (C=O) groups excluding carboxylic acids is 1. The van der Waals surface area contributed by atoms with Gasteiger partial charge in [0.05, 0.1) is 5.69 Å². The molecule has 1 aromatic carbocycles. The van der Waals surface area contributed by atoms with Crippen LogP contribution in [0.25, 0.3) is 5.65 Å². The molecule has 3 aromatic rings. The predicted molar refractivity (Wildman–Crippen MR) is 110 cm³/mol. The maximum absolute atomic E-state index is 12.3. The molecule has 0 saturated carbocycles. The molecule has 1 N–H and O–H groups in total. The van der Waals surface area contributed by atoms with Crippen molar-refractivity contribution in [1.29, 1.82) is 0 Å². The number of nitrogens with one attached hydrogen (secondary N) is 1. The first-order chi connectivity index (χ1) is 13.5. The van der Waals surface area contributed by atoms with E-state index in [2.05, 4.69) is 10.3 Å². The second-order valence-electron chi connectivity index (χ2n) is 6.84. The molecule has 6 heteroatoms. The van der Waals surface area contributed by atoms with Crippen LogP contribution in [0.5, 0.6) is 5.75 Å². The van der Waals surface area contributed by atoms with E-state index < -0.39 is 0 Å². The molecule has 0 atom stereocenters. The van der Waals surface area contributed by atoms with Gasteiger partial charge in [0.1, 0.15) is 18.0 Å². The van der Waals surface area contributed by atoms with E-state index in [1.54, 1.807) is 12.3 Å². The number of aryl methyl sites for hydroxylation is 1. The van der Waals surface area contributed by atoms with Crippen molar-refractivity contribution in [3.63, 3.8) is 0 Å². The molecule has 28 heavy (non-hydrogen) atoms. The fourth-order valence-electron chi connectivity index (χ4n) is 3.05. The third-order valence-electron chi connectivity index (χ3n) is 4.72.